The lowest BCUT2D eigenvalue weighted by atomic mass is 10.1. The number of carbonyl (C=O) groups excluding carboxylic acids is 1. The molecule has 0 fully saturated rings. The SMILES string of the molecule is Cc1ccc(CNC(=O)c2cc([N+](=O)[O-])cc([N+](=O)[O-])c2Cl)cc1. The molecule has 0 aromatic heterocycles. The second-order valence-electron chi connectivity index (χ2n) is 5.01. The van der Waals surface area contributed by atoms with Crippen LogP contribution in [0.1, 0.15) is 21.5 Å². The number of nitro benzene ring substituents is 2. The van der Waals surface area contributed by atoms with Gasteiger partial charge in [-0.15, -0.1) is 0 Å². The van der Waals surface area contributed by atoms with E-state index in [1.807, 2.05) is 31.2 Å². The zero-order chi connectivity index (χ0) is 17.9. The first-order valence-corrected chi connectivity index (χ1v) is 7.13. The molecule has 0 bridgehead atoms. The summed E-state index contributed by atoms with van der Waals surface area (Å²) in [6, 6.07) is 9.00. The molecule has 0 atom stereocenters. The summed E-state index contributed by atoms with van der Waals surface area (Å²) in [6.45, 7) is 2.08. The summed E-state index contributed by atoms with van der Waals surface area (Å²) >= 11 is 5.85. The molecule has 0 aliphatic carbocycles. The van der Waals surface area contributed by atoms with Crippen LogP contribution < -0.4 is 5.32 Å². The van der Waals surface area contributed by atoms with Gasteiger partial charge in [-0.25, -0.2) is 0 Å². The number of hydrogen-bond donors (Lipinski definition) is 1. The van der Waals surface area contributed by atoms with Gasteiger partial charge in [-0.1, -0.05) is 41.4 Å². The second-order valence-corrected chi connectivity index (χ2v) is 5.39. The van der Waals surface area contributed by atoms with E-state index in [9.17, 15) is 25.0 Å². The fourth-order valence-electron chi connectivity index (χ4n) is 1.98. The van der Waals surface area contributed by atoms with Crippen molar-refractivity contribution in [2.24, 2.45) is 0 Å². The van der Waals surface area contributed by atoms with Gasteiger partial charge < -0.3 is 5.32 Å². The molecular formula is C15H12ClN3O5. The molecule has 0 spiro atoms. The van der Waals surface area contributed by atoms with Gasteiger partial charge in [0.15, 0.2) is 0 Å². The molecule has 8 nitrogen and oxygen atoms in total. The van der Waals surface area contributed by atoms with Crippen molar-refractivity contribution in [3.05, 3.63) is 78.3 Å². The van der Waals surface area contributed by atoms with Gasteiger partial charge in [-0.2, -0.15) is 0 Å². The summed E-state index contributed by atoms with van der Waals surface area (Å²) in [5.41, 5.74) is 0.287. The summed E-state index contributed by atoms with van der Waals surface area (Å²) < 4.78 is 0. The summed E-state index contributed by atoms with van der Waals surface area (Å²) in [4.78, 5) is 32.4. The van der Waals surface area contributed by atoms with Gasteiger partial charge in [0.05, 0.1) is 21.5 Å². The third-order valence-corrected chi connectivity index (χ3v) is 3.66. The van der Waals surface area contributed by atoms with Crippen molar-refractivity contribution in [2.75, 3.05) is 0 Å². The molecule has 2 aromatic rings. The zero-order valence-electron chi connectivity index (χ0n) is 12.5. The van der Waals surface area contributed by atoms with Gasteiger partial charge in [0.2, 0.25) is 0 Å². The molecule has 0 aliphatic rings. The van der Waals surface area contributed by atoms with Gasteiger partial charge in [0, 0.05) is 12.6 Å². The van der Waals surface area contributed by atoms with Crippen molar-refractivity contribution in [1.82, 2.24) is 5.32 Å². The maximum absolute atomic E-state index is 12.2. The number of nitrogens with one attached hydrogen (secondary N) is 1. The topological polar surface area (TPSA) is 115 Å². The smallest absolute Gasteiger partial charge is 0.295 e. The van der Waals surface area contributed by atoms with Gasteiger partial charge in [-0.3, -0.25) is 25.0 Å². The first-order valence-electron chi connectivity index (χ1n) is 6.75. The molecule has 124 valence electrons. The molecule has 9 heteroatoms. The van der Waals surface area contributed by atoms with E-state index in [1.54, 1.807) is 0 Å². The molecule has 1 amide bonds. The number of benzene rings is 2. The molecule has 0 saturated heterocycles. The highest BCUT2D eigenvalue weighted by Crippen LogP contribution is 2.32. The Morgan fingerprint density at radius 3 is 2.29 bits per heavy atom. The highest BCUT2D eigenvalue weighted by Gasteiger charge is 2.26. The van der Waals surface area contributed by atoms with Crippen LogP contribution in [-0.4, -0.2) is 15.8 Å². The number of rotatable bonds is 5. The Hall–Kier alpha value is -3.00. The van der Waals surface area contributed by atoms with E-state index in [2.05, 4.69) is 5.32 Å². The maximum atomic E-state index is 12.2. The Bertz CT molecular complexity index is 821. The van der Waals surface area contributed by atoms with Crippen LogP contribution in [0.25, 0.3) is 0 Å². The van der Waals surface area contributed by atoms with Crippen molar-refractivity contribution in [2.45, 2.75) is 13.5 Å². The molecular weight excluding hydrogens is 338 g/mol. The van der Waals surface area contributed by atoms with Crippen LogP contribution in [0.3, 0.4) is 0 Å². The Balaban J connectivity index is 2.29. The van der Waals surface area contributed by atoms with E-state index >= 15 is 0 Å². The molecule has 0 unspecified atom stereocenters. The lowest BCUT2D eigenvalue weighted by Crippen LogP contribution is -2.23. The summed E-state index contributed by atoms with van der Waals surface area (Å²) in [6.07, 6.45) is 0. The van der Waals surface area contributed by atoms with Crippen LogP contribution in [0, 0.1) is 27.2 Å². The maximum Gasteiger partial charge on any atom is 0.295 e. The Morgan fingerprint density at radius 2 is 1.75 bits per heavy atom. The Morgan fingerprint density at radius 1 is 1.12 bits per heavy atom. The number of carbonyl (C=O) groups is 1. The number of non-ortho nitro benzene ring substituents is 1. The van der Waals surface area contributed by atoms with E-state index in [-0.39, 0.29) is 12.1 Å². The van der Waals surface area contributed by atoms with Crippen LogP contribution in [0.15, 0.2) is 36.4 Å². The van der Waals surface area contributed by atoms with Crippen LogP contribution in [0.5, 0.6) is 0 Å². The highest BCUT2D eigenvalue weighted by atomic mass is 35.5. The monoisotopic (exact) mass is 349 g/mol. The molecule has 0 aliphatic heterocycles. The zero-order valence-corrected chi connectivity index (χ0v) is 13.2. The van der Waals surface area contributed by atoms with E-state index in [0.717, 1.165) is 23.3 Å². The average Bonchev–Trinajstić information content (AvgIpc) is 2.53. The highest BCUT2D eigenvalue weighted by molar-refractivity contribution is 6.36. The largest absolute Gasteiger partial charge is 0.348 e. The summed E-state index contributed by atoms with van der Waals surface area (Å²) in [5.74, 6) is -0.729. The fourth-order valence-corrected chi connectivity index (χ4v) is 2.25. The number of halogens is 1. The summed E-state index contributed by atoms with van der Waals surface area (Å²) in [5, 5.41) is 23.9. The van der Waals surface area contributed by atoms with E-state index in [4.69, 9.17) is 11.6 Å². The van der Waals surface area contributed by atoms with Crippen molar-refractivity contribution in [3.63, 3.8) is 0 Å². The van der Waals surface area contributed by atoms with Crippen LogP contribution in [0.4, 0.5) is 11.4 Å². The first-order chi connectivity index (χ1) is 11.3. The fraction of sp³-hybridized carbons (Fsp3) is 0.133. The first kappa shape index (κ1) is 17.4. The quantitative estimate of drug-likeness (QED) is 0.656. The second kappa shape index (κ2) is 7.05. The van der Waals surface area contributed by atoms with E-state index in [0.29, 0.717) is 0 Å². The van der Waals surface area contributed by atoms with Crippen LogP contribution in [0.2, 0.25) is 5.02 Å². The lowest BCUT2D eigenvalue weighted by molar-refractivity contribution is -0.394. The molecule has 0 radical (unpaired) electrons. The minimum absolute atomic E-state index is 0.159. The Kier molecular flexibility index (Phi) is 5.10. The van der Waals surface area contributed by atoms with E-state index < -0.39 is 32.2 Å². The molecule has 2 aromatic carbocycles. The molecule has 2 rings (SSSR count). The predicted octanol–water partition coefficient (Wildman–Crippen LogP) is 3.39. The number of amides is 1. The molecule has 24 heavy (non-hydrogen) atoms. The van der Waals surface area contributed by atoms with Gasteiger partial charge >= 0.3 is 0 Å². The van der Waals surface area contributed by atoms with Crippen LogP contribution >= 0.6 is 11.6 Å². The summed E-state index contributed by atoms with van der Waals surface area (Å²) in [7, 11) is 0. The molecule has 1 N–H and O–H groups in total. The minimum atomic E-state index is -0.869. The third kappa shape index (κ3) is 3.85. The van der Waals surface area contributed by atoms with Crippen molar-refractivity contribution in [3.8, 4) is 0 Å². The standard InChI is InChI=1S/C15H12ClN3O5/c1-9-2-4-10(5-3-9)8-17-15(20)12-6-11(18(21)22)7-13(14(12)16)19(23)24/h2-7H,8H2,1H3,(H,17,20). The predicted molar refractivity (Wildman–Crippen MR) is 87.1 cm³/mol. The average molecular weight is 350 g/mol. The van der Waals surface area contributed by atoms with Crippen molar-refractivity contribution < 1.29 is 14.6 Å². The van der Waals surface area contributed by atoms with Crippen LogP contribution in [-0.2, 0) is 6.54 Å². The molecule has 0 heterocycles. The minimum Gasteiger partial charge on any atom is -0.348 e. The number of nitrogens with zero attached hydrogens (tertiary/aromatic N) is 2. The Labute approximate surface area is 141 Å². The molecule has 0 saturated carbocycles. The third-order valence-electron chi connectivity index (χ3n) is 3.26. The van der Waals surface area contributed by atoms with Gasteiger partial charge in [-0.05, 0) is 12.5 Å². The van der Waals surface area contributed by atoms with E-state index in [1.165, 1.54) is 0 Å². The van der Waals surface area contributed by atoms with Gasteiger partial charge in [0.1, 0.15) is 5.02 Å². The lowest BCUT2D eigenvalue weighted by Gasteiger charge is -2.08. The number of hydrogen-bond acceptors (Lipinski definition) is 5. The van der Waals surface area contributed by atoms with Crippen molar-refractivity contribution in [1.29, 1.82) is 0 Å². The normalized spacial score (nSPS) is 10.2. The number of nitro groups is 2. The van der Waals surface area contributed by atoms with Crippen molar-refractivity contribution >= 4 is 28.9 Å². The van der Waals surface area contributed by atoms with Gasteiger partial charge in [0.25, 0.3) is 17.3 Å². The number of aryl methyl sites for hydroxylation is 1.